The number of Topliss-reactive ketones (excluding diaryl/α,β-unsaturated/α-hetero) is 1. The van der Waals surface area contributed by atoms with Gasteiger partial charge in [0.15, 0.2) is 5.78 Å². The lowest BCUT2D eigenvalue weighted by molar-refractivity contribution is 0.101. The van der Waals surface area contributed by atoms with E-state index in [1.165, 1.54) is 31.2 Å². The lowest BCUT2D eigenvalue weighted by Crippen LogP contribution is -2.37. The number of rotatable bonds is 9. The van der Waals surface area contributed by atoms with Crippen molar-refractivity contribution < 1.29 is 17.6 Å². The van der Waals surface area contributed by atoms with Gasteiger partial charge in [-0.2, -0.15) is 0 Å². The minimum Gasteiger partial charge on any atom is -0.468 e. The molecule has 136 valence electrons. The molecule has 1 N–H and O–H groups in total. The number of sulfonamides is 1. The standard InChI is InChI=1S/C18H24N2O4S/c1-4-20(5-2)17(18-7-6-12-24-18)13-19-25(22,23)16-10-8-15(9-11-16)14(3)21/h6-12,17,19H,4-5,13H2,1-3H3/t17-/m1/s1. The van der Waals surface area contributed by atoms with E-state index in [4.69, 9.17) is 4.42 Å². The fourth-order valence-corrected chi connectivity index (χ4v) is 3.73. The Morgan fingerprint density at radius 1 is 1.16 bits per heavy atom. The molecule has 0 unspecified atom stereocenters. The molecular formula is C18H24N2O4S. The van der Waals surface area contributed by atoms with Gasteiger partial charge in [0.2, 0.25) is 10.0 Å². The number of carbonyl (C=O) groups excluding carboxylic acids is 1. The van der Waals surface area contributed by atoms with Gasteiger partial charge >= 0.3 is 0 Å². The van der Waals surface area contributed by atoms with Gasteiger partial charge in [-0.25, -0.2) is 13.1 Å². The van der Waals surface area contributed by atoms with Crippen LogP contribution in [0.1, 0.15) is 42.9 Å². The van der Waals surface area contributed by atoms with E-state index in [9.17, 15) is 13.2 Å². The maximum atomic E-state index is 12.5. The monoisotopic (exact) mass is 364 g/mol. The maximum absolute atomic E-state index is 12.5. The van der Waals surface area contributed by atoms with Crippen LogP contribution < -0.4 is 4.72 Å². The minimum absolute atomic E-state index is 0.101. The van der Waals surface area contributed by atoms with E-state index in [-0.39, 0.29) is 23.3 Å². The summed E-state index contributed by atoms with van der Waals surface area (Å²) in [5, 5.41) is 0. The van der Waals surface area contributed by atoms with Crippen LogP contribution >= 0.6 is 0 Å². The minimum atomic E-state index is -3.67. The Balaban J connectivity index is 2.16. The predicted octanol–water partition coefficient (Wildman–Crippen LogP) is 2.84. The molecule has 1 aromatic carbocycles. The quantitative estimate of drug-likeness (QED) is 0.692. The first-order chi connectivity index (χ1) is 11.9. The van der Waals surface area contributed by atoms with E-state index >= 15 is 0 Å². The second-order valence-electron chi connectivity index (χ2n) is 5.68. The Morgan fingerprint density at radius 3 is 2.28 bits per heavy atom. The second-order valence-corrected chi connectivity index (χ2v) is 7.45. The summed E-state index contributed by atoms with van der Waals surface area (Å²) in [6.45, 7) is 7.24. The van der Waals surface area contributed by atoms with Crippen molar-refractivity contribution in [1.29, 1.82) is 0 Å². The molecule has 0 aliphatic carbocycles. The second kappa shape index (κ2) is 8.42. The van der Waals surface area contributed by atoms with E-state index in [0.717, 1.165) is 18.8 Å². The van der Waals surface area contributed by atoms with Crippen LogP contribution in [0.25, 0.3) is 0 Å². The molecule has 1 atom stereocenters. The highest BCUT2D eigenvalue weighted by Gasteiger charge is 2.23. The third-order valence-electron chi connectivity index (χ3n) is 4.16. The van der Waals surface area contributed by atoms with Crippen LogP contribution in [0.15, 0.2) is 52.0 Å². The Bertz CT molecular complexity index is 779. The Hall–Kier alpha value is -1.96. The molecule has 1 heterocycles. The van der Waals surface area contributed by atoms with Crippen molar-refractivity contribution in [1.82, 2.24) is 9.62 Å². The Labute approximate surface area is 148 Å². The molecule has 0 saturated heterocycles. The van der Waals surface area contributed by atoms with Crippen LogP contribution in [-0.4, -0.2) is 38.7 Å². The van der Waals surface area contributed by atoms with Crippen LogP contribution in [-0.2, 0) is 10.0 Å². The van der Waals surface area contributed by atoms with Crippen molar-refractivity contribution in [3.8, 4) is 0 Å². The number of ketones is 1. The smallest absolute Gasteiger partial charge is 0.240 e. The van der Waals surface area contributed by atoms with Crippen LogP contribution in [0, 0.1) is 0 Å². The SMILES string of the molecule is CCN(CC)[C@H](CNS(=O)(=O)c1ccc(C(C)=O)cc1)c1ccco1. The van der Waals surface area contributed by atoms with E-state index in [1.807, 2.05) is 19.9 Å². The van der Waals surface area contributed by atoms with Gasteiger partial charge in [0.25, 0.3) is 0 Å². The van der Waals surface area contributed by atoms with E-state index < -0.39 is 10.0 Å². The molecule has 2 rings (SSSR count). The number of hydrogen-bond acceptors (Lipinski definition) is 5. The summed E-state index contributed by atoms with van der Waals surface area (Å²) in [4.78, 5) is 13.6. The average Bonchev–Trinajstić information content (AvgIpc) is 3.13. The van der Waals surface area contributed by atoms with E-state index in [2.05, 4.69) is 9.62 Å². The van der Waals surface area contributed by atoms with E-state index in [1.54, 1.807) is 12.3 Å². The molecule has 0 fully saturated rings. The predicted molar refractivity (Wildman–Crippen MR) is 96.0 cm³/mol. The first-order valence-electron chi connectivity index (χ1n) is 8.27. The Kier molecular flexibility index (Phi) is 6.52. The van der Waals surface area contributed by atoms with Crippen LogP contribution in [0.4, 0.5) is 0 Å². The number of benzene rings is 1. The highest BCUT2D eigenvalue weighted by Crippen LogP contribution is 2.21. The number of nitrogens with zero attached hydrogens (tertiary/aromatic N) is 1. The third kappa shape index (κ3) is 4.78. The summed E-state index contributed by atoms with van der Waals surface area (Å²) in [7, 11) is -3.67. The summed E-state index contributed by atoms with van der Waals surface area (Å²) in [6, 6.07) is 9.38. The van der Waals surface area contributed by atoms with Gasteiger partial charge in [-0.05, 0) is 44.3 Å². The molecule has 0 spiro atoms. The highest BCUT2D eigenvalue weighted by atomic mass is 32.2. The summed E-state index contributed by atoms with van der Waals surface area (Å²) in [6.07, 6.45) is 1.58. The fraction of sp³-hybridized carbons (Fsp3) is 0.389. The number of likely N-dealkylation sites (N-methyl/N-ethyl adjacent to an activating group) is 1. The normalized spacial score (nSPS) is 13.1. The number of hydrogen-bond donors (Lipinski definition) is 1. The molecule has 2 aromatic rings. The van der Waals surface area contributed by atoms with Gasteiger partial charge < -0.3 is 4.42 Å². The maximum Gasteiger partial charge on any atom is 0.240 e. The molecule has 0 amide bonds. The molecule has 25 heavy (non-hydrogen) atoms. The molecule has 0 saturated carbocycles. The number of carbonyl (C=O) groups is 1. The van der Waals surface area contributed by atoms with Gasteiger partial charge in [-0.1, -0.05) is 26.0 Å². The molecule has 0 bridgehead atoms. The molecule has 7 heteroatoms. The van der Waals surface area contributed by atoms with Crippen molar-refractivity contribution in [2.24, 2.45) is 0 Å². The van der Waals surface area contributed by atoms with Crippen molar-refractivity contribution in [2.45, 2.75) is 31.7 Å². The largest absolute Gasteiger partial charge is 0.468 e. The van der Waals surface area contributed by atoms with Gasteiger partial charge in [-0.3, -0.25) is 9.69 Å². The summed E-state index contributed by atoms with van der Waals surface area (Å²) < 4.78 is 33.2. The average molecular weight is 364 g/mol. The van der Waals surface area contributed by atoms with Crippen LogP contribution in [0.5, 0.6) is 0 Å². The topological polar surface area (TPSA) is 79.6 Å². The van der Waals surface area contributed by atoms with Gasteiger partial charge in [-0.15, -0.1) is 0 Å². The lowest BCUT2D eigenvalue weighted by Gasteiger charge is -2.28. The van der Waals surface area contributed by atoms with Gasteiger partial charge in [0.05, 0.1) is 17.2 Å². The zero-order chi connectivity index (χ0) is 18.4. The number of furan rings is 1. The van der Waals surface area contributed by atoms with Gasteiger partial charge in [0.1, 0.15) is 5.76 Å². The molecular weight excluding hydrogens is 340 g/mol. The summed E-state index contributed by atoms with van der Waals surface area (Å²) in [5.74, 6) is 0.620. The van der Waals surface area contributed by atoms with Crippen molar-refractivity contribution in [2.75, 3.05) is 19.6 Å². The third-order valence-corrected chi connectivity index (χ3v) is 5.60. The van der Waals surface area contributed by atoms with Crippen LogP contribution in [0.3, 0.4) is 0 Å². The first kappa shape index (κ1) is 19.4. The Morgan fingerprint density at radius 2 is 1.80 bits per heavy atom. The molecule has 6 nitrogen and oxygen atoms in total. The summed E-state index contributed by atoms with van der Waals surface area (Å²) in [5.41, 5.74) is 0.482. The van der Waals surface area contributed by atoms with Crippen LogP contribution in [0.2, 0.25) is 0 Å². The van der Waals surface area contributed by atoms with Crippen molar-refractivity contribution >= 4 is 15.8 Å². The van der Waals surface area contributed by atoms with Crippen molar-refractivity contribution in [3.63, 3.8) is 0 Å². The number of nitrogens with one attached hydrogen (secondary N) is 1. The highest BCUT2D eigenvalue weighted by molar-refractivity contribution is 7.89. The molecule has 1 aromatic heterocycles. The summed E-state index contributed by atoms with van der Waals surface area (Å²) >= 11 is 0. The van der Waals surface area contributed by atoms with E-state index in [0.29, 0.717) is 5.56 Å². The van der Waals surface area contributed by atoms with Crippen molar-refractivity contribution in [3.05, 3.63) is 54.0 Å². The first-order valence-corrected chi connectivity index (χ1v) is 9.75. The zero-order valence-electron chi connectivity index (χ0n) is 14.7. The molecule has 0 aliphatic heterocycles. The lowest BCUT2D eigenvalue weighted by atomic mass is 10.2. The zero-order valence-corrected chi connectivity index (χ0v) is 15.5. The molecule has 0 aliphatic rings. The fourth-order valence-electron chi connectivity index (χ4n) is 2.70. The van der Waals surface area contributed by atoms with Gasteiger partial charge in [0, 0.05) is 12.1 Å². The molecule has 0 radical (unpaired) electrons.